The molecule has 0 spiro atoms. The van der Waals surface area contributed by atoms with Gasteiger partial charge in [-0.1, -0.05) is 6.07 Å². The molecule has 110 valence electrons. The van der Waals surface area contributed by atoms with E-state index in [2.05, 4.69) is 20.0 Å². The third-order valence-corrected chi connectivity index (χ3v) is 2.25. The van der Waals surface area contributed by atoms with Crippen LogP contribution in [0.5, 0.6) is 5.75 Å². The molecule has 2 aromatic rings. The van der Waals surface area contributed by atoms with Gasteiger partial charge in [-0.2, -0.15) is 4.98 Å². The van der Waals surface area contributed by atoms with Gasteiger partial charge in [0.1, 0.15) is 11.6 Å². The first-order valence-corrected chi connectivity index (χ1v) is 5.59. The fourth-order valence-electron chi connectivity index (χ4n) is 1.47. The Morgan fingerprint density at radius 2 is 2.05 bits per heavy atom. The van der Waals surface area contributed by atoms with Gasteiger partial charge in [-0.15, -0.1) is 13.2 Å². The number of nitrogens with one attached hydrogen (secondary N) is 1. The van der Waals surface area contributed by atoms with Gasteiger partial charge < -0.3 is 15.8 Å². The molecule has 0 bridgehead atoms. The van der Waals surface area contributed by atoms with Crippen molar-refractivity contribution in [1.29, 1.82) is 0 Å². The first-order valence-electron chi connectivity index (χ1n) is 5.59. The number of rotatable bonds is 3. The average molecular weight is 298 g/mol. The van der Waals surface area contributed by atoms with E-state index in [0.29, 0.717) is 0 Å². The summed E-state index contributed by atoms with van der Waals surface area (Å²) in [5, 5.41) is 2.38. The van der Waals surface area contributed by atoms with Crippen molar-refractivity contribution in [2.75, 3.05) is 11.1 Å². The fourth-order valence-corrected chi connectivity index (χ4v) is 1.47. The minimum Gasteiger partial charge on any atom is -0.406 e. The molecule has 0 radical (unpaired) electrons. The van der Waals surface area contributed by atoms with Gasteiger partial charge >= 0.3 is 6.36 Å². The Labute approximate surface area is 116 Å². The number of amides is 1. The number of nitrogen functional groups attached to an aromatic ring is 1. The highest BCUT2D eigenvalue weighted by atomic mass is 19.4. The highest BCUT2D eigenvalue weighted by Crippen LogP contribution is 2.23. The van der Waals surface area contributed by atoms with Crippen LogP contribution < -0.4 is 15.8 Å². The van der Waals surface area contributed by atoms with Crippen molar-refractivity contribution in [3.63, 3.8) is 0 Å². The summed E-state index contributed by atoms with van der Waals surface area (Å²) in [6.07, 6.45) is -3.49. The van der Waals surface area contributed by atoms with Gasteiger partial charge in [0, 0.05) is 11.8 Å². The largest absolute Gasteiger partial charge is 0.573 e. The number of hydrogen-bond acceptors (Lipinski definition) is 5. The Morgan fingerprint density at radius 1 is 1.29 bits per heavy atom. The lowest BCUT2D eigenvalue weighted by Gasteiger charge is -2.10. The first-order chi connectivity index (χ1) is 9.83. The number of carbonyl (C=O) groups is 1. The summed E-state index contributed by atoms with van der Waals surface area (Å²) in [7, 11) is 0. The van der Waals surface area contributed by atoms with E-state index < -0.39 is 18.0 Å². The number of nitrogens with two attached hydrogens (primary N) is 1. The highest BCUT2D eigenvalue weighted by molar-refractivity contribution is 6.04. The molecule has 9 heteroatoms. The summed E-state index contributed by atoms with van der Waals surface area (Å²) < 4.78 is 40.1. The molecule has 1 amide bonds. The van der Waals surface area contributed by atoms with Gasteiger partial charge in [-0.3, -0.25) is 4.79 Å². The van der Waals surface area contributed by atoms with Crippen LogP contribution in [0.15, 0.2) is 36.5 Å². The molecule has 0 atom stereocenters. The number of nitrogens with zero attached hydrogens (tertiary/aromatic N) is 2. The second kappa shape index (κ2) is 5.65. The topological polar surface area (TPSA) is 90.1 Å². The van der Waals surface area contributed by atoms with Crippen molar-refractivity contribution >= 4 is 17.7 Å². The summed E-state index contributed by atoms with van der Waals surface area (Å²) in [6.45, 7) is 0. The minimum atomic E-state index is -4.82. The number of anilines is 2. The number of benzene rings is 1. The van der Waals surface area contributed by atoms with Crippen molar-refractivity contribution in [3.8, 4) is 5.75 Å². The normalized spacial score (nSPS) is 11.0. The lowest BCUT2D eigenvalue weighted by atomic mass is 10.2. The van der Waals surface area contributed by atoms with Crippen molar-refractivity contribution in [2.24, 2.45) is 0 Å². The molecular weight excluding hydrogens is 289 g/mol. The average Bonchev–Trinajstić information content (AvgIpc) is 2.37. The molecule has 0 aliphatic rings. The third kappa shape index (κ3) is 4.34. The Bertz CT molecular complexity index is 661. The van der Waals surface area contributed by atoms with Crippen LogP contribution >= 0.6 is 0 Å². The quantitative estimate of drug-likeness (QED) is 0.906. The van der Waals surface area contributed by atoms with Gasteiger partial charge in [0.15, 0.2) is 0 Å². The molecule has 0 aliphatic heterocycles. The van der Waals surface area contributed by atoms with Crippen LogP contribution in [-0.4, -0.2) is 22.2 Å². The van der Waals surface area contributed by atoms with Gasteiger partial charge in [0.05, 0.1) is 0 Å². The summed E-state index contributed by atoms with van der Waals surface area (Å²) in [5.41, 5.74) is 5.33. The molecule has 0 aliphatic carbocycles. The van der Waals surface area contributed by atoms with Crippen LogP contribution in [0.3, 0.4) is 0 Å². The van der Waals surface area contributed by atoms with Gasteiger partial charge in [0.25, 0.3) is 5.91 Å². The Hall–Kier alpha value is -2.84. The van der Waals surface area contributed by atoms with Crippen molar-refractivity contribution < 1.29 is 22.7 Å². The zero-order valence-electron chi connectivity index (χ0n) is 10.4. The van der Waals surface area contributed by atoms with E-state index in [9.17, 15) is 18.0 Å². The monoisotopic (exact) mass is 298 g/mol. The molecule has 2 rings (SSSR count). The smallest absolute Gasteiger partial charge is 0.406 e. The molecule has 6 nitrogen and oxygen atoms in total. The molecule has 1 aromatic carbocycles. The Morgan fingerprint density at radius 3 is 2.71 bits per heavy atom. The molecule has 0 unspecified atom stereocenters. The van der Waals surface area contributed by atoms with Crippen LogP contribution in [-0.2, 0) is 0 Å². The molecule has 0 fully saturated rings. The summed E-state index contributed by atoms with van der Waals surface area (Å²) >= 11 is 0. The van der Waals surface area contributed by atoms with E-state index in [1.165, 1.54) is 24.4 Å². The van der Waals surface area contributed by atoms with E-state index in [1.54, 1.807) is 0 Å². The maximum Gasteiger partial charge on any atom is 0.573 e. The summed E-state index contributed by atoms with van der Waals surface area (Å²) in [4.78, 5) is 19.3. The first kappa shape index (κ1) is 14.6. The number of carbonyl (C=O) groups excluding carboxylic acids is 1. The number of aromatic nitrogens is 2. The van der Waals surface area contributed by atoms with E-state index in [0.717, 1.165) is 12.1 Å². The van der Waals surface area contributed by atoms with E-state index in [1.807, 2.05) is 0 Å². The summed E-state index contributed by atoms with van der Waals surface area (Å²) in [5.74, 6) is -1.05. The van der Waals surface area contributed by atoms with Gasteiger partial charge in [-0.25, -0.2) is 4.98 Å². The molecule has 21 heavy (non-hydrogen) atoms. The van der Waals surface area contributed by atoms with E-state index in [-0.39, 0.29) is 17.3 Å². The molecule has 0 saturated heterocycles. The maximum atomic E-state index is 12.1. The van der Waals surface area contributed by atoms with Crippen molar-refractivity contribution in [2.45, 2.75) is 6.36 Å². The molecule has 0 saturated carbocycles. The van der Waals surface area contributed by atoms with E-state index in [4.69, 9.17) is 5.73 Å². The summed E-state index contributed by atoms with van der Waals surface area (Å²) in [6, 6.07) is 6.05. The zero-order valence-corrected chi connectivity index (χ0v) is 10.4. The second-order valence-electron chi connectivity index (χ2n) is 3.83. The standard InChI is InChI=1S/C12H9F3N4O2/c13-12(14,15)21-8-3-1-2-7(6-8)10(20)18-9-4-5-17-11(16)19-9/h1-6H,(H3,16,17,18,19,20). The predicted molar refractivity (Wildman–Crippen MR) is 67.5 cm³/mol. The fraction of sp³-hybridized carbons (Fsp3) is 0.0833. The molecule has 1 heterocycles. The van der Waals surface area contributed by atoms with Gasteiger partial charge in [-0.05, 0) is 24.3 Å². The van der Waals surface area contributed by atoms with Gasteiger partial charge in [0.2, 0.25) is 5.95 Å². The number of hydrogen-bond donors (Lipinski definition) is 2. The van der Waals surface area contributed by atoms with Crippen LogP contribution in [0.4, 0.5) is 24.9 Å². The molecule has 3 N–H and O–H groups in total. The predicted octanol–water partition coefficient (Wildman–Crippen LogP) is 2.21. The number of ether oxygens (including phenoxy) is 1. The lowest BCUT2D eigenvalue weighted by molar-refractivity contribution is -0.274. The lowest BCUT2D eigenvalue weighted by Crippen LogP contribution is -2.18. The molecule has 1 aromatic heterocycles. The van der Waals surface area contributed by atoms with E-state index >= 15 is 0 Å². The SMILES string of the molecule is Nc1nccc(NC(=O)c2cccc(OC(F)(F)F)c2)n1. The van der Waals surface area contributed by atoms with Crippen LogP contribution in [0.25, 0.3) is 0 Å². The Balaban J connectivity index is 2.14. The maximum absolute atomic E-state index is 12.1. The van der Waals surface area contributed by atoms with Crippen molar-refractivity contribution in [3.05, 3.63) is 42.1 Å². The van der Waals surface area contributed by atoms with Crippen LogP contribution in [0.2, 0.25) is 0 Å². The van der Waals surface area contributed by atoms with Crippen LogP contribution in [0, 0.1) is 0 Å². The third-order valence-electron chi connectivity index (χ3n) is 2.25. The minimum absolute atomic E-state index is 0.0195. The van der Waals surface area contributed by atoms with Crippen molar-refractivity contribution in [1.82, 2.24) is 9.97 Å². The number of halogens is 3. The second-order valence-corrected chi connectivity index (χ2v) is 3.83. The molecular formula is C12H9F3N4O2. The van der Waals surface area contributed by atoms with Crippen LogP contribution in [0.1, 0.15) is 10.4 Å². The number of alkyl halides is 3. The zero-order chi connectivity index (χ0) is 15.5. The Kier molecular flexibility index (Phi) is 3.92. The highest BCUT2D eigenvalue weighted by Gasteiger charge is 2.31.